The van der Waals surface area contributed by atoms with Gasteiger partial charge in [0.2, 0.25) is 6.33 Å². The van der Waals surface area contributed by atoms with Gasteiger partial charge < -0.3 is 28.1 Å². The maximum Gasteiger partial charge on any atom is 0.394 e. The van der Waals surface area contributed by atoms with Crippen LogP contribution < -0.4 is 24.4 Å². The first kappa shape index (κ1) is 43.2. The molecule has 0 saturated heterocycles. The molecule has 12 aromatic rings. The number of benzene rings is 9. The van der Waals surface area contributed by atoms with E-state index in [2.05, 4.69) is 223 Å². The number of aryl methyl sites for hydroxylation is 1. The van der Waals surface area contributed by atoms with Crippen LogP contribution in [-0.4, -0.2) is 21.1 Å². The molecule has 4 heterocycles. The monoisotopic (exact) mass is 1140 g/mol. The Morgan fingerprint density at radius 1 is 0.554 bits per heavy atom. The third-order valence-electron chi connectivity index (χ3n) is 14.0. The molecule has 1 aliphatic rings. The molecule has 74 heavy (non-hydrogen) atoms. The topological polar surface area (TPSA) is 42.3 Å². The van der Waals surface area contributed by atoms with Crippen LogP contribution in [0.1, 0.15) is 30.4 Å². The Kier molecular flexibility index (Phi) is 11.0. The summed E-state index contributed by atoms with van der Waals surface area (Å²) in [5, 5.41) is 2.08. The van der Waals surface area contributed by atoms with E-state index >= 15 is 0 Å². The molecular formula is C65H49BN6OPt-2. The minimum Gasteiger partial charge on any atom is -0.510 e. The van der Waals surface area contributed by atoms with Crippen LogP contribution in [0.5, 0.6) is 11.5 Å². The smallest absolute Gasteiger partial charge is 0.394 e. The molecule has 9 aromatic carbocycles. The van der Waals surface area contributed by atoms with Gasteiger partial charge in [-0.2, -0.15) is 12.1 Å². The summed E-state index contributed by atoms with van der Waals surface area (Å²) in [5.41, 5.74) is 13.7. The Hall–Kier alpha value is -8.45. The Balaban J connectivity index is 0.00000596. The van der Waals surface area contributed by atoms with E-state index in [-0.39, 0.29) is 26.5 Å². The van der Waals surface area contributed by atoms with E-state index in [0.29, 0.717) is 28.2 Å². The summed E-state index contributed by atoms with van der Waals surface area (Å²) in [4.78, 5) is 9.75. The summed E-state index contributed by atoms with van der Waals surface area (Å²) in [6.45, 7) is 3.56. The average Bonchev–Trinajstić information content (AvgIpc) is 4.35. The quantitative estimate of drug-likeness (QED) is 0.0821. The molecule has 0 unspecified atom stereocenters. The van der Waals surface area contributed by atoms with Crippen LogP contribution in [0.15, 0.2) is 225 Å². The molecule has 0 fully saturated rings. The van der Waals surface area contributed by atoms with Crippen LogP contribution in [0.3, 0.4) is 0 Å². The van der Waals surface area contributed by atoms with Gasteiger partial charge in [-0.15, -0.1) is 35.1 Å². The van der Waals surface area contributed by atoms with E-state index in [9.17, 15) is 0 Å². The third-order valence-corrected chi connectivity index (χ3v) is 14.0. The van der Waals surface area contributed by atoms with Gasteiger partial charge in [0.15, 0.2) is 0 Å². The first-order valence-electron chi connectivity index (χ1n) is 26.1. The fraction of sp³-hybridized carbons (Fsp3) is 0.0769. The van der Waals surface area contributed by atoms with Crippen molar-refractivity contribution < 1.29 is 34.5 Å². The van der Waals surface area contributed by atoms with Crippen molar-refractivity contribution in [2.45, 2.75) is 26.2 Å². The third kappa shape index (κ3) is 8.07. The summed E-state index contributed by atoms with van der Waals surface area (Å²) < 4.78 is 38.1. The van der Waals surface area contributed by atoms with E-state index in [0.717, 1.165) is 78.1 Å². The Labute approximate surface area is 450 Å². The zero-order valence-electron chi connectivity index (χ0n) is 43.8. The number of hydrogen-bond acceptors (Lipinski definition) is 4. The van der Waals surface area contributed by atoms with Crippen LogP contribution in [-0.2, 0) is 33.5 Å². The Morgan fingerprint density at radius 3 is 1.78 bits per heavy atom. The molecule has 1 aliphatic heterocycles. The number of fused-ring (bicyclic) bond motifs is 5. The van der Waals surface area contributed by atoms with E-state index in [1.165, 1.54) is 10.1 Å². The molecule has 0 radical (unpaired) electrons. The fourth-order valence-electron chi connectivity index (χ4n) is 10.6. The second kappa shape index (κ2) is 18.9. The maximum absolute atomic E-state index is 8.62. The molecular weight excluding hydrogens is 1090 g/mol. The van der Waals surface area contributed by atoms with Crippen LogP contribution >= 0.6 is 0 Å². The van der Waals surface area contributed by atoms with Gasteiger partial charge in [0.1, 0.15) is 5.82 Å². The van der Waals surface area contributed by atoms with Crippen molar-refractivity contribution >= 4 is 68.0 Å². The second-order valence-electron chi connectivity index (χ2n) is 19.5. The normalized spacial score (nSPS) is 13.2. The minimum absolute atomic E-state index is 0. The van der Waals surface area contributed by atoms with Gasteiger partial charge in [-0.1, -0.05) is 184 Å². The van der Waals surface area contributed by atoms with E-state index in [1.807, 2.05) is 54.7 Å². The van der Waals surface area contributed by atoms with E-state index in [1.54, 1.807) is 4.57 Å². The van der Waals surface area contributed by atoms with Gasteiger partial charge in [0.05, 0.1) is 33.5 Å². The van der Waals surface area contributed by atoms with Crippen molar-refractivity contribution in [1.82, 2.24) is 14.1 Å². The number of hydrogen-bond donors (Lipinski definition) is 0. The predicted molar refractivity (Wildman–Crippen MR) is 298 cm³/mol. The molecule has 0 bridgehead atoms. The van der Waals surface area contributed by atoms with Crippen LogP contribution in [0.2, 0.25) is 0 Å². The predicted octanol–water partition coefficient (Wildman–Crippen LogP) is 14.5. The minimum atomic E-state index is -2.52. The van der Waals surface area contributed by atoms with Crippen molar-refractivity contribution in [2.75, 3.05) is 9.62 Å². The van der Waals surface area contributed by atoms with Gasteiger partial charge >= 0.3 is 6.98 Å². The molecule has 0 atom stereocenters. The average molecular weight is 1140 g/mol. The number of pyridine rings is 1. The zero-order valence-corrected chi connectivity index (χ0v) is 43.1. The van der Waals surface area contributed by atoms with Gasteiger partial charge in [-0.05, 0) is 70.0 Å². The number of para-hydroxylation sites is 7. The number of anilines is 4. The maximum atomic E-state index is 8.62. The number of aromatic nitrogens is 4. The molecule has 0 amide bonds. The first-order chi connectivity index (χ1) is 37.0. The first-order valence-corrected chi connectivity index (χ1v) is 24.6. The van der Waals surface area contributed by atoms with E-state index < -0.39 is 14.0 Å². The summed E-state index contributed by atoms with van der Waals surface area (Å²) in [6.07, 6.45) is 5.11. The van der Waals surface area contributed by atoms with Crippen molar-refractivity contribution in [3.63, 3.8) is 0 Å². The van der Waals surface area contributed by atoms with Crippen molar-refractivity contribution in [2.24, 2.45) is 6.98 Å². The van der Waals surface area contributed by atoms with Gasteiger partial charge in [0, 0.05) is 66.8 Å². The summed E-state index contributed by atoms with van der Waals surface area (Å²) in [7, 11) is 0. The fourth-order valence-corrected chi connectivity index (χ4v) is 10.6. The number of imidazole rings is 1. The van der Waals surface area contributed by atoms with Gasteiger partial charge in [-0.3, -0.25) is 0 Å². The number of nitrogens with zero attached hydrogens (tertiary/aromatic N) is 6. The van der Waals surface area contributed by atoms with E-state index in [4.69, 9.17) is 13.8 Å². The molecule has 9 heteroatoms. The Bertz CT molecular complexity index is 4060. The molecule has 0 N–H and O–H groups in total. The molecule has 3 aromatic heterocycles. The zero-order chi connectivity index (χ0) is 51.7. The van der Waals surface area contributed by atoms with Gasteiger partial charge in [-0.25, -0.2) is 4.98 Å². The summed E-state index contributed by atoms with van der Waals surface area (Å²) in [5.74, 6) is 1.65. The largest absolute Gasteiger partial charge is 0.510 e. The van der Waals surface area contributed by atoms with Crippen LogP contribution in [0.25, 0.3) is 66.6 Å². The summed E-state index contributed by atoms with van der Waals surface area (Å²) in [6, 6.07) is 82.2. The molecule has 0 aliphatic carbocycles. The van der Waals surface area contributed by atoms with Crippen molar-refractivity contribution in [3.05, 3.63) is 249 Å². The number of rotatable bonds is 9. The molecule has 7 nitrogen and oxygen atoms in total. The molecule has 360 valence electrons. The second-order valence-corrected chi connectivity index (χ2v) is 19.5. The summed E-state index contributed by atoms with van der Waals surface area (Å²) >= 11 is 0. The molecule has 0 saturated carbocycles. The van der Waals surface area contributed by atoms with Crippen LogP contribution in [0.4, 0.5) is 22.7 Å². The Morgan fingerprint density at radius 2 is 1.14 bits per heavy atom. The number of ether oxygens (including phenoxy) is 1. The van der Waals surface area contributed by atoms with Gasteiger partial charge in [0.25, 0.3) is 0 Å². The SMILES string of the molecule is [2H]C([2H])([2H])[n+]1[c-]n(-c2[c-]c(Oc3[c-]c4c(cc3)c3ccccc3n4-c3cc(C(C)(C)C)ccn3)cc(B3N(c4ccccc4-c4ccccc4)c4ccccc4N3c3ccccc3-c3ccccc3)c2)c2ccccc21.[Pt]. The standard InChI is InChI=1S/C65H49BN6O.Pt/c1-65(2,3)47-37-38-67-64(39-47)70-56-28-14-13-27-54(56)55-36-35-50(43-63(55)70)73-51-41-48(40-49(42-51)69-44-68(4)59-31-17-18-32-60(59)69)66-71(57-29-15-11-25-52(57)45-21-7-5-8-22-45)61-33-19-20-34-62(61)72(66)58-30-16-12-26-53(58)46-23-9-6-10-24-46;/h5-41H,1-4H3;/q-2;/i4D3;. The van der Waals surface area contributed by atoms with Crippen molar-refractivity contribution in [1.29, 1.82) is 0 Å². The molecule has 13 rings (SSSR count). The molecule has 0 spiro atoms. The van der Waals surface area contributed by atoms with Crippen LogP contribution in [0, 0.1) is 18.5 Å². The van der Waals surface area contributed by atoms with Crippen molar-refractivity contribution in [3.8, 4) is 45.3 Å².